The van der Waals surface area contributed by atoms with Gasteiger partial charge in [-0.3, -0.25) is 4.90 Å². The van der Waals surface area contributed by atoms with E-state index >= 15 is 0 Å². The van der Waals surface area contributed by atoms with Crippen LogP contribution in [0.4, 0.5) is 17.6 Å². The molecule has 2 N–H and O–H groups in total. The predicted molar refractivity (Wildman–Crippen MR) is 108 cm³/mol. The fraction of sp³-hybridized carbons (Fsp3) is 0.526. The number of benzene rings is 1. The van der Waals surface area contributed by atoms with Crippen molar-refractivity contribution in [2.45, 2.75) is 6.54 Å². The molecule has 28 heavy (non-hydrogen) atoms. The van der Waals surface area contributed by atoms with Gasteiger partial charge in [-0.15, -0.1) is 0 Å². The Labute approximate surface area is 165 Å². The number of ether oxygens (including phenoxy) is 2. The predicted octanol–water partition coefficient (Wildman–Crippen LogP) is 0.621. The lowest BCUT2D eigenvalue weighted by Crippen LogP contribution is -2.46. The average molecular weight is 385 g/mol. The summed E-state index contributed by atoms with van der Waals surface area (Å²) in [6.45, 7) is 7.39. The van der Waals surface area contributed by atoms with Crippen molar-refractivity contribution in [2.75, 3.05) is 75.1 Å². The van der Waals surface area contributed by atoms with Crippen LogP contribution in [0.15, 0.2) is 24.3 Å². The van der Waals surface area contributed by atoms with Gasteiger partial charge in [0.05, 0.1) is 26.9 Å². The van der Waals surface area contributed by atoms with Crippen molar-refractivity contribution < 1.29 is 9.47 Å². The summed E-state index contributed by atoms with van der Waals surface area (Å²) in [6, 6.07) is 8.20. The van der Waals surface area contributed by atoms with Crippen molar-refractivity contribution in [1.29, 1.82) is 0 Å². The zero-order valence-corrected chi connectivity index (χ0v) is 16.3. The van der Waals surface area contributed by atoms with Crippen LogP contribution in [0.3, 0.4) is 0 Å². The summed E-state index contributed by atoms with van der Waals surface area (Å²) in [5, 5.41) is 0. The van der Waals surface area contributed by atoms with E-state index in [0.29, 0.717) is 25.7 Å². The van der Waals surface area contributed by atoms with Gasteiger partial charge in [0.2, 0.25) is 11.9 Å². The van der Waals surface area contributed by atoms with Crippen LogP contribution in [0.5, 0.6) is 5.75 Å². The number of hydrogen-bond donors (Lipinski definition) is 1. The zero-order chi connectivity index (χ0) is 19.3. The van der Waals surface area contributed by atoms with Gasteiger partial charge in [0, 0.05) is 51.0 Å². The van der Waals surface area contributed by atoms with Crippen LogP contribution < -0.4 is 20.3 Å². The Bertz CT molecular complexity index is 790. The smallest absolute Gasteiger partial charge is 0.230 e. The molecular formula is C19H27N7O2. The van der Waals surface area contributed by atoms with Crippen LogP contribution in [0.2, 0.25) is 0 Å². The number of nitrogen functional groups attached to an aromatic ring is 1. The van der Waals surface area contributed by atoms with Gasteiger partial charge in [-0.05, 0) is 12.1 Å². The largest absolute Gasteiger partial charge is 0.497 e. The van der Waals surface area contributed by atoms with Crippen LogP contribution >= 0.6 is 0 Å². The number of piperazine rings is 1. The summed E-state index contributed by atoms with van der Waals surface area (Å²) in [6.07, 6.45) is 0. The van der Waals surface area contributed by atoms with E-state index < -0.39 is 0 Å². The average Bonchev–Trinajstić information content (AvgIpc) is 2.74. The monoisotopic (exact) mass is 385 g/mol. The van der Waals surface area contributed by atoms with E-state index in [-0.39, 0.29) is 5.95 Å². The zero-order valence-electron chi connectivity index (χ0n) is 16.3. The summed E-state index contributed by atoms with van der Waals surface area (Å²) in [7, 11) is 1.70. The molecule has 0 saturated carbocycles. The van der Waals surface area contributed by atoms with E-state index in [1.54, 1.807) is 7.11 Å². The molecule has 0 radical (unpaired) electrons. The first kappa shape index (κ1) is 18.7. The standard InChI is InChI=1S/C19H27N7O2/c1-27-16-4-2-3-15(13-16)25-7-5-24(6-8-25)14-17-21-18(20)23-19(22-17)26-9-11-28-12-10-26/h2-4,13H,5-12,14H2,1H3,(H2,20,21,22,23). The van der Waals surface area contributed by atoms with Gasteiger partial charge in [-0.1, -0.05) is 6.07 Å². The third-order valence-electron chi connectivity index (χ3n) is 5.14. The van der Waals surface area contributed by atoms with Crippen LogP contribution in [-0.4, -0.2) is 79.4 Å². The molecule has 2 aliphatic rings. The SMILES string of the molecule is COc1cccc(N2CCN(Cc3nc(N)nc(N4CCOCC4)n3)CC2)c1. The molecule has 1 aromatic carbocycles. The Hall–Kier alpha value is -2.65. The van der Waals surface area contributed by atoms with Crippen LogP contribution in [-0.2, 0) is 11.3 Å². The first-order valence-electron chi connectivity index (χ1n) is 9.66. The minimum Gasteiger partial charge on any atom is -0.497 e. The van der Waals surface area contributed by atoms with Gasteiger partial charge in [-0.2, -0.15) is 15.0 Å². The quantitative estimate of drug-likeness (QED) is 0.795. The summed E-state index contributed by atoms with van der Waals surface area (Å²) >= 11 is 0. The number of anilines is 3. The van der Waals surface area contributed by atoms with Crippen molar-refractivity contribution >= 4 is 17.6 Å². The molecule has 0 spiro atoms. The Morgan fingerprint density at radius 3 is 2.54 bits per heavy atom. The van der Waals surface area contributed by atoms with Crippen molar-refractivity contribution in [3.8, 4) is 5.75 Å². The molecule has 2 saturated heterocycles. The summed E-state index contributed by atoms with van der Waals surface area (Å²) < 4.78 is 10.7. The van der Waals surface area contributed by atoms with Crippen molar-refractivity contribution in [1.82, 2.24) is 19.9 Å². The van der Waals surface area contributed by atoms with E-state index in [0.717, 1.165) is 50.8 Å². The minimum absolute atomic E-state index is 0.279. The molecule has 0 amide bonds. The number of nitrogens with two attached hydrogens (primary N) is 1. The van der Waals surface area contributed by atoms with Crippen LogP contribution in [0.25, 0.3) is 0 Å². The molecule has 2 aliphatic heterocycles. The number of methoxy groups -OCH3 is 1. The molecule has 0 atom stereocenters. The maximum atomic E-state index is 5.94. The van der Waals surface area contributed by atoms with Crippen molar-refractivity contribution in [3.63, 3.8) is 0 Å². The van der Waals surface area contributed by atoms with Crippen LogP contribution in [0, 0.1) is 0 Å². The number of rotatable bonds is 5. The van der Waals surface area contributed by atoms with Crippen molar-refractivity contribution in [3.05, 3.63) is 30.1 Å². The second-order valence-corrected chi connectivity index (χ2v) is 6.97. The molecule has 0 unspecified atom stereocenters. The molecule has 0 aliphatic carbocycles. The summed E-state index contributed by atoms with van der Waals surface area (Å²) in [4.78, 5) is 20.1. The molecule has 1 aromatic heterocycles. The Kier molecular flexibility index (Phi) is 5.73. The fourth-order valence-corrected chi connectivity index (χ4v) is 3.57. The molecule has 9 heteroatoms. The summed E-state index contributed by atoms with van der Waals surface area (Å²) in [5.74, 6) is 2.54. The lowest BCUT2D eigenvalue weighted by Gasteiger charge is -2.36. The van der Waals surface area contributed by atoms with Gasteiger partial charge < -0.3 is 25.0 Å². The number of morpholine rings is 1. The summed E-state index contributed by atoms with van der Waals surface area (Å²) in [5.41, 5.74) is 7.13. The molecule has 4 rings (SSSR count). The Morgan fingerprint density at radius 2 is 1.79 bits per heavy atom. The first-order chi connectivity index (χ1) is 13.7. The van der Waals surface area contributed by atoms with Gasteiger partial charge in [-0.25, -0.2) is 0 Å². The van der Waals surface area contributed by atoms with Crippen LogP contribution in [0.1, 0.15) is 5.82 Å². The molecule has 0 bridgehead atoms. The second kappa shape index (κ2) is 8.57. The molecule has 2 aromatic rings. The maximum Gasteiger partial charge on any atom is 0.230 e. The number of hydrogen-bond acceptors (Lipinski definition) is 9. The maximum absolute atomic E-state index is 5.94. The molecule has 150 valence electrons. The van der Waals surface area contributed by atoms with E-state index in [9.17, 15) is 0 Å². The lowest BCUT2D eigenvalue weighted by atomic mass is 10.2. The Balaban J connectivity index is 1.37. The van der Waals surface area contributed by atoms with Gasteiger partial charge in [0.15, 0.2) is 0 Å². The number of nitrogens with zero attached hydrogens (tertiary/aromatic N) is 6. The van der Waals surface area contributed by atoms with Gasteiger partial charge in [0.25, 0.3) is 0 Å². The van der Waals surface area contributed by atoms with E-state index in [2.05, 4.69) is 41.8 Å². The first-order valence-corrected chi connectivity index (χ1v) is 9.66. The van der Waals surface area contributed by atoms with Crippen molar-refractivity contribution in [2.24, 2.45) is 0 Å². The highest BCUT2D eigenvalue weighted by Crippen LogP contribution is 2.22. The van der Waals surface area contributed by atoms with E-state index in [1.807, 2.05) is 12.1 Å². The third kappa shape index (κ3) is 4.42. The highest BCUT2D eigenvalue weighted by Gasteiger charge is 2.20. The van der Waals surface area contributed by atoms with Gasteiger partial charge >= 0.3 is 0 Å². The minimum atomic E-state index is 0.279. The highest BCUT2D eigenvalue weighted by molar-refractivity contribution is 5.51. The van der Waals surface area contributed by atoms with E-state index in [1.165, 1.54) is 5.69 Å². The third-order valence-corrected chi connectivity index (χ3v) is 5.14. The topological polar surface area (TPSA) is 92.9 Å². The highest BCUT2D eigenvalue weighted by atomic mass is 16.5. The van der Waals surface area contributed by atoms with Gasteiger partial charge in [0.1, 0.15) is 11.6 Å². The molecule has 2 fully saturated rings. The Morgan fingerprint density at radius 1 is 1.00 bits per heavy atom. The molecule has 9 nitrogen and oxygen atoms in total. The second-order valence-electron chi connectivity index (χ2n) is 6.97. The molecule has 3 heterocycles. The number of aromatic nitrogens is 3. The van der Waals surface area contributed by atoms with E-state index in [4.69, 9.17) is 15.2 Å². The normalized spacial score (nSPS) is 18.3. The molecular weight excluding hydrogens is 358 g/mol. The lowest BCUT2D eigenvalue weighted by molar-refractivity contribution is 0.122. The fourth-order valence-electron chi connectivity index (χ4n) is 3.57.